The molecule has 0 amide bonds. The molecule has 0 aliphatic carbocycles. The van der Waals surface area contributed by atoms with Crippen LogP contribution in [0.2, 0.25) is 0 Å². The lowest BCUT2D eigenvalue weighted by atomic mass is 10.2. The van der Waals surface area contributed by atoms with Crippen LogP contribution in [-0.2, 0) is 15.8 Å². The number of hydrogen-bond donors (Lipinski definition) is 1. The maximum Gasteiger partial charge on any atom is 0.216 e. The molecule has 86 valence electrons. The molecule has 0 saturated heterocycles. The van der Waals surface area contributed by atoms with Crippen molar-refractivity contribution in [3.63, 3.8) is 0 Å². The molecule has 0 radical (unpaired) electrons. The number of sulfonamides is 1. The van der Waals surface area contributed by atoms with Gasteiger partial charge in [0.25, 0.3) is 0 Å². The monoisotopic (exact) mass is 238 g/mol. The number of nitrogens with zero attached hydrogens (tertiary/aromatic N) is 1. The Morgan fingerprint density at radius 3 is 2.56 bits per heavy atom. The standard InChI is InChI=1S/C11H14N2O2S/c1-10(7-8-12)13-16(14,15)9-11-5-3-2-4-6-11/h2-6,10,13H,7,9H2,1H3. The molecule has 0 heterocycles. The number of nitriles is 1. The maximum absolute atomic E-state index is 11.7. The van der Waals surface area contributed by atoms with E-state index in [1.54, 1.807) is 31.2 Å². The van der Waals surface area contributed by atoms with Gasteiger partial charge in [-0.2, -0.15) is 5.26 Å². The molecule has 1 aromatic rings. The predicted molar refractivity (Wildman–Crippen MR) is 61.9 cm³/mol. The zero-order valence-corrected chi connectivity index (χ0v) is 9.87. The molecular formula is C11H14N2O2S. The first-order chi connectivity index (χ1) is 7.53. The number of hydrogen-bond acceptors (Lipinski definition) is 3. The molecule has 1 atom stereocenters. The van der Waals surface area contributed by atoms with Crippen LogP contribution in [-0.4, -0.2) is 14.5 Å². The molecule has 0 aliphatic rings. The van der Waals surface area contributed by atoms with Gasteiger partial charge in [0.2, 0.25) is 10.0 Å². The van der Waals surface area contributed by atoms with E-state index in [4.69, 9.17) is 5.26 Å². The second-order valence-corrected chi connectivity index (χ2v) is 5.38. The van der Waals surface area contributed by atoms with E-state index in [1.807, 2.05) is 12.1 Å². The summed E-state index contributed by atoms with van der Waals surface area (Å²) in [6, 6.07) is 10.5. The molecule has 0 bridgehead atoms. The van der Waals surface area contributed by atoms with E-state index in [-0.39, 0.29) is 18.2 Å². The molecule has 0 saturated carbocycles. The van der Waals surface area contributed by atoms with Crippen LogP contribution in [0.5, 0.6) is 0 Å². The van der Waals surface area contributed by atoms with Crippen molar-refractivity contribution in [1.29, 1.82) is 5.26 Å². The van der Waals surface area contributed by atoms with Crippen LogP contribution in [0.3, 0.4) is 0 Å². The highest BCUT2D eigenvalue weighted by molar-refractivity contribution is 7.88. The summed E-state index contributed by atoms with van der Waals surface area (Å²) in [6.45, 7) is 1.67. The lowest BCUT2D eigenvalue weighted by Gasteiger charge is -2.10. The van der Waals surface area contributed by atoms with Gasteiger partial charge in [0.05, 0.1) is 18.2 Å². The molecule has 1 aromatic carbocycles. The molecule has 4 nitrogen and oxygen atoms in total. The van der Waals surface area contributed by atoms with Crippen molar-refractivity contribution in [3.05, 3.63) is 35.9 Å². The third kappa shape index (κ3) is 4.43. The smallest absolute Gasteiger partial charge is 0.212 e. The van der Waals surface area contributed by atoms with Gasteiger partial charge in [-0.05, 0) is 12.5 Å². The average molecular weight is 238 g/mol. The van der Waals surface area contributed by atoms with Crippen molar-refractivity contribution >= 4 is 10.0 Å². The third-order valence-electron chi connectivity index (χ3n) is 1.98. The van der Waals surface area contributed by atoms with Gasteiger partial charge in [0.15, 0.2) is 0 Å². The summed E-state index contributed by atoms with van der Waals surface area (Å²) in [4.78, 5) is 0. The van der Waals surface area contributed by atoms with Crippen molar-refractivity contribution < 1.29 is 8.42 Å². The number of nitrogens with one attached hydrogen (secondary N) is 1. The fourth-order valence-corrected chi connectivity index (χ4v) is 2.73. The van der Waals surface area contributed by atoms with Gasteiger partial charge in [-0.15, -0.1) is 0 Å². The first-order valence-electron chi connectivity index (χ1n) is 4.94. The third-order valence-corrected chi connectivity index (χ3v) is 3.45. The average Bonchev–Trinajstić information content (AvgIpc) is 2.17. The summed E-state index contributed by atoms with van der Waals surface area (Å²) in [7, 11) is -3.36. The SMILES string of the molecule is CC(CC#N)NS(=O)(=O)Cc1ccccc1. The summed E-state index contributed by atoms with van der Waals surface area (Å²) >= 11 is 0. The summed E-state index contributed by atoms with van der Waals surface area (Å²) in [5, 5.41) is 8.44. The van der Waals surface area contributed by atoms with Gasteiger partial charge < -0.3 is 0 Å². The molecular weight excluding hydrogens is 224 g/mol. The van der Waals surface area contributed by atoms with Crippen molar-refractivity contribution in [2.45, 2.75) is 25.1 Å². The Morgan fingerprint density at radius 1 is 1.38 bits per heavy atom. The summed E-state index contributed by atoms with van der Waals surface area (Å²) in [5.74, 6) is -0.0520. The van der Waals surface area contributed by atoms with E-state index in [0.29, 0.717) is 0 Å². The molecule has 16 heavy (non-hydrogen) atoms. The van der Waals surface area contributed by atoms with Gasteiger partial charge in [-0.3, -0.25) is 0 Å². The molecule has 5 heteroatoms. The Bertz CT molecular complexity index is 463. The van der Waals surface area contributed by atoms with Crippen LogP contribution >= 0.6 is 0 Å². The number of benzene rings is 1. The van der Waals surface area contributed by atoms with Gasteiger partial charge in [0.1, 0.15) is 0 Å². The van der Waals surface area contributed by atoms with Crippen LogP contribution in [0.25, 0.3) is 0 Å². The highest BCUT2D eigenvalue weighted by atomic mass is 32.2. The molecule has 1 unspecified atom stereocenters. The minimum atomic E-state index is -3.36. The zero-order valence-electron chi connectivity index (χ0n) is 9.05. The minimum Gasteiger partial charge on any atom is -0.212 e. The van der Waals surface area contributed by atoms with Gasteiger partial charge >= 0.3 is 0 Å². The second-order valence-electron chi connectivity index (χ2n) is 3.63. The lowest BCUT2D eigenvalue weighted by molar-refractivity contribution is 0.562. The molecule has 1 N–H and O–H groups in total. The molecule has 1 rings (SSSR count). The van der Waals surface area contributed by atoms with Gasteiger partial charge in [-0.25, -0.2) is 13.1 Å². The highest BCUT2D eigenvalue weighted by Gasteiger charge is 2.14. The van der Waals surface area contributed by atoms with E-state index in [9.17, 15) is 8.42 Å². The topological polar surface area (TPSA) is 70.0 Å². The molecule has 0 spiro atoms. The fourth-order valence-electron chi connectivity index (χ4n) is 1.32. The highest BCUT2D eigenvalue weighted by Crippen LogP contribution is 2.05. The summed E-state index contributed by atoms with van der Waals surface area (Å²) in [5.41, 5.74) is 0.735. The Labute approximate surface area is 96.0 Å². The second kappa shape index (κ2) is 5.64. The van der Waals surface area contributed by atoms with E-state index >= 15 is 0 Å². The molecule has 0 aliphatic heterocycles. The van der Waals surface area contributed by atoms with Crippen molar-refractivity contribution in [2.75, 3.05) is 0 Å². The minimum absolute atomic E-state index is 0.0520. The number of rotatable bonds is 5. The van der Waals surface area contributed by atoms with E-state index in [1.165, 1.54) is 0 Å². The van der Waals surface area contributed by atoms with E-state index < -0.39 is 10.0 Å². The van der Waals surface area contributed by atoms with Gasteiger partial charge in [0, 0.05) is 6.04 Å². The maximum atomic E-state index is 11.7. The van der Waals surface area contributed by atoms with Crippen molar-refractivity contribution in [2.24, 2.45) is 0 Å². The lowest BCUT2D eigenvalue weighted by Crippen LogP contribution is -2.33. The van der Waals surface area contributed by atoms with Gasteiger partial charge in [-0.1, -0.05) is 30.3 Å². The zero-order chi connectivity index (χ0) is 12.0. The molecule has 0 aromatic heterocycles. The van der Waals surface area contributed by atoms with Crippen LogP contribution in [0, 0.1) is 11.3 Å². The van der Waals surface area contributed by atoms with Crippen molar-refractivity contribution in [1.82, 2.24) is 4.72 Å². The first-order valence-corrected chi connectivity index (χ1v) is 6.59. The Hall–Kier alpha value is -1.38. The largest absolute Gasteiger partial charge is 0.216 e. The van der Waals surface area contributed by atoms with E-state index in [0.717, 1.165) is 5.56 Å². The molecule has 0 fully saturated rings. The van der Waals surface area contributed by atoms with E-state index in [2.05, 4.69) is 4.72 Å². The predicted octanol–water partition coefficient (Wildman–Crippen LogP) is 1.41. The van der Waals surface area contributed by atoms with Crippen LogP contribution in [0.1, 0.15) is 18.9 Å². The normalized spacial score (nSPS) is 13.0. The van der Waals surface area contributed by atoms with Crippen molar-refractivity contribution in [3.8, 4) is 6.07 Å². The Kier molecular flexibility index (Phi) is 4.47. The fraction of sp³-hybridized carbons (Fsp3) is 0.364. The first kappa shape index (κ1) is 12.7. The quantitative estimate of drug-likeness (QED) is 0.843. The Balaban J connectivity index is 2.63. The summed E-state index contributed by atoms with van der Waals surface area (Å²) in [6.07, 6.45) is 0.175. The Morgan fingerprint density at radius 2 is 2.00 bits per heavy atom. The van der Waals surface area contributed by atoms with Crippen LogP contribution < -0.4 is 4.72 Å². The summed E-state index contributed by atoms with van der Waals surface area (Å²) < 4.78 is 25.8. The van der Waals surface area contributed by atoms with Crippen LogP contribution in [0.4, 0.5) is 0 Å². The van der Waals surface area contributed by atoms with Crippen LogP contribution in [0.15, 0.2) is 30.3 Å².